The Morgan fingerprint density at radius 1 is 1.13 bits per heavy atom. The minimum Gasteiger partial charge on any atom is -0.493 e. The van der Waals surface area contributed by atoms with Crippen LogP contribution in [0.2, 0.25) is 0 Å². The zero-order valence-electron chi connectivity index (χ0n) is 8.67. The number of esters is 1. The summed E-state index contributed by atoms with van der Waals surface area (Å²) in [5, 5.41) is 0. The predicted molar refractivity (Wildman–Crippen MR) is 63.6 cm³/mol. The van der Waals surface area contributed by atoms with Gasteiger partial charge in [-0.25, -0.2) is 0 Å². The maximum absolute atomic E-state index is 10.8. The number of methoxy groups -OCH3 is 2. The highest BCUT2D eigenvalue weighted by atomic mass is 127. The molecule has 1 aromatic rings. The number of carbonyl (C=O) groups is 1. The van der Waals surface area contributed by atoms with Crippen molar-refractivity contribution >= 4 is 28.6 Å². The first kappa shape index (κ1) is 12.1. The van der Waals surface area contributed by atoms with E-state index in [-0.39, 0.29) is 5.97 Å². The topological polar surface area (TPSA) is 44.8 Å². The first-order valence-electron chi connectivity index (χ1n) is 4.18. The summed E-state index contributed by atoms with van der Waals surface area (Å²) in [7, 11) is 3.09. The SMILES string of the molecule is COc1cc(I)c(OC(C)=O)cc1OC. The molecule has 5 heteroatoms. The van der Waals surface area contributed by atoms with Crippen molar-refractivity contribution in [1.82, 2.24) is 0 Å². The molecule has 0 aliphatic carbocycles. The van der Waals surface area contributed by atoms with Gasteiger partial charge in [-0.3, -0.25) is 4.79 Å². The summed E-state index contributed by atoms with van der Waals surface area (Å²) in [5.41, 5.74) is 0. The van der Waals surface area contributed by atoms with Gasteiger partial charge in [0.25, 0.3) is 0 Å². The van der Waals surface area contributed by atoms with E-state index in [2.05, 4.69) is 22.6 Å². The first-order valence-corrected chi connectivity index (χ1v) is 5.26. The van der Waals surface area contributed by atoms with Gasteiger partial charge in [0.15, 0.2) is 11.5 Å². The Hall–Kier alpha value is -0.980. The Labute approximate surface area is 102 Å². The van der Waals surface area contributed by atoms with Gasteiger partial charge in [-0.05, 0) is 22.6 Å². The van der Waals surface area contributed by atoms with Gasteiger partial charge in [-0.15, -0.1) is 0 Å². The third-order valence-corrected chi connectivity index (χ3v) is 2.53. The fourth-order valence-corrected chi connectivity index (χ4v) is 1.62. The summed E-state index contributed by atoms with van der Waals surface area (Å²) in [4.78, 5) is 10.8. The van der Waals surface area contributed by atoms with Gasteiger partial charge in [0.05, 0.1) is 17.8 Å². The van der Waals surface area contributed by atoms with Crippen molar-refractivity contribution in [2.45, 2.75) is 6.92 Å². The summed E-state index contributed by atoms with van der Waals surface area (Å²) in [6.45, 7) is 1.35. The van der Waals surface area contributed by atoms with Crippen LogP contribution in [0.15, 0.2) is 12.1 Å². The van der Waals surface area contributed by atoms with E-state index in [0.29, 0.717) is 17.2 Å². The lowest BCUT2D eigenvalue weighted by molar-refractivity contribution is -0.131. The molecule has 0 bridgehead atoms. The fraction of sp³-hybridized carbons (Fsp3) is 0.300. The second-order valence-corrected chi connectivity index (χ2v) is 3.89. The number of hydrogen-bond acceptors (Lipinski definition) is 4. The molecule has 82 valence electrons. The molecule has 0 fully saturated rings. The summed E-state index contributed by atoms with van der Waals surface area (Å²) in [6.07, 6.45) is 0. The van der Waals surface area contributed by atoms with E-state index in [0.717, 1.165) is 3.57 Å². The van der Waals surface area contributed by atoms with Crippen LogP contribution in [-0.2, 0) is 4.79 Å². The van der Waals surface area contributed by atoms with Crippen LogP contribution in [0.4, 0.5) is 0 Å². The third kappa shape index (κ3) is 2.98. The lowest BCUT2D eigenvalue weighted by Gasteiger charge is -2.11. The minimum absolute atomic E-state index is 0.361. The predicted octanol–water partition coefficient (Wildman–Crippen LogP) is 2.23. The average Bonchev–Trinajstić information content (AvgIpc) is 2.19. The van der Waals surface area contributed by atoms with Crippen LogP contribution >= 0.6 is 22.6 Å². The van der Waals surface area contributed by atoms with Crippen LogP contribution in [0.1, 0.15) is 6.92 Å². The molecule has 0 unspecified atom stereocenters. The Morgan fingerprint density at radius 3 is 2.13 bits per heavy atom. The van der Waals surface area contributed by atoms with Gasteiger partial charge < -0.3 is 14.2 Å². The van der Waals surface area contributed by atoms with Crippen molar-refractivity contribution in [3.63, 3.8) is 0 Å². The Kier molecular flexibility index (Phi) is 4.19. The van der Waals surface area contributed by atoms with E-state index in [1.54, 1.807) is 19.2 Å². The van der Waals surface area contributed by atoms with Crippen LogP contribution in [0.5, 0.6) is 17.2 Å². The van der Waals surface area contributed by atoms with Crippen LogP contribution in [0.3, 0.4) is 0 Å². The summed E-state index contributed by atoms with van der Waals surface area (Å²) in [6, 6.07) is 3.37. The van der Waals surface area contributed by atoms with E-state index in [1.165, 1.54) is 14.0 Å². The number of halogens is 1. The maximum Gasteiger partial charge on any atom is 0.308 e. The van der Waals surface area contributed by atoms with Gasteiger partial charge in [0.1, 0.15) is 5.75 Å². The molecule has 0 amide bonds. The molecule has 1 aromatic carbocycles. The molecule has 0 aliphatic rings. The molecule has 0 aliphatic heterocycles. The molecular weight excluding hydrogens is 311 g/mol. The van der Waals surface area contributed by atoms with Gasteiger partial charge in [0, 0.05) is 19.1 Å². The second-order valence-electron chi connectivity index (χ2n) is 2.73. The van der Waals surface area contributed by atoms with Gasteiger partial charge in [-0.1, -0.05) is 0 Å². The van der Waals surface area contributed by atoms with Crippen molar-refractivity contribution in [2.24, 2.45) is 0 Å². The molecule has 0 radical (unpaired) electrons. The first-order chi connectivity index (χ1) is 7.08. The highest BCUT2D eigenvalue weighted by Gasteiger charge is 2.11. The summed E-state index contributed by atoms with van der Waals surface area (Å²) in [5.74, 6) is 1.26. The Balaban J connectivity index is 3.13. The number of ether oxygens (including phenoxy) is 3. The molecule has 0 aromatic heterocycles. The van der Waals surface area contributed by atoms with E-state index in [9.17, 15) is 4.79 Å². The summed E-state index contributed by atoms with van der Waals surface area (Å²) < 4.78 is 16.0. The maximum atomic E-state index is 10.8. The van der Waals surface area contributed by atoms with Crippen LogP contribution < -0.4 is 14.2 Å². The van der Waals surface area contributed by atoms with E-state index < -0.39 is 0 Å². The molecule has 1 rings (SSSR count). The molecule has 4 nitrogen and oxygen atoms in total. The van der Waals surface area contributed by atoms with Gasteiger partial charge >= 0.3 is 5.97 Å². The summed E-state index contributed by atoms with van der Waals surface area (Å²) >= 11 is 2.06. The fourth-order valence-electron chi connectivity index (χ4n) is 1.07. The van der Waals surface area contributed by atoms with Gasteiger partial charge in [-0.2, -0.15) is 0 Å². The normalized spacial score (nSPS) is 9.60. The van der Waals surface area contributed by atoms with Crippen LogP contribution in [0, 0.1) is 3.57 Å². The van der Waals surface area contributed by atoms with Crippen LogP contribution in [0.25, 0.3) is 0 Å². The molecule has 0 saturated heterocycles. The van der Waals surface area contributed by atoms with Crippen molar-refractivity contribution < 1.29 is 19.0 Å². The van der Waals surface area contributed by atoms with Crippen molar-refractivity contribution in [3.8, 4) is 17.2 Å². The number of benzene rings is 1. The molecule has 0 N–H and O–H groups in total. The van der Waals surface area contributed by atoms with Crippen molar-refractivity contribution in [1.29, 1.82) is 0 Å². The molecule has 15 heavy (non-hydrogen) atoms. The van der Waals surface area contributed by atoms with E-state index >= 15 is 0 Å². The smallest absolute Gasteiger partial charge is 0.308 e. The monoisotopic (exact) mass is 322 g/mol. The number of carbonyl (C=O) groups excluding carboxylic acids is 1. The molecule has 0 spiro atoms. The zero-order chi connectivity index (χ0) is 11.4. The second kappa shape index (κ2) is 5.20. The average molecular weight is 322 g/mol. The molecule has 0 saturated carbocycles. The highest BCUT2D eigenvalue weighted by Crippen LogP contribution is 2.35. The molecular formula is C10H11IO4. The lowest BCUT2D eigenvalue weighted by atomic mass is 10.3. The van der Waals surface area contributed by atoms with E-state index in [4.69, 9.17) is 14.2 Å². The number of rotatable bonds is 3. The van der Waals surface area contributed by atoms with Crippen LogP contribution in [-0.4, -0.2) is 20.2 Å². The third-order valence-electron chi connectivity index (χ3n) is 1.69. The largest absolute Gasteiger partial charge is 0.493 e. The quantitative estimate of drug-likeness (QED) is 0.486. The zero-order valence-corrected chi connectivity index (χ0v) is 10.8. The minimum atomic E-state index is -0.361. The molecule has 0 atom stereocenters. The van der Waals surface area contributed by atoms with Crippen molar-refractivity contribution in [2.75, 3.05) is 14.2 Å². The number of hydrogen-bond donors (Lipinski definition) is 0. The lowest BCUT2D eigenvalue weighted by Crippen LogP contribution is -2.03. The highest BCUT2D eigenvalue weighted by molar-refractivity contribution is 14.1. The van der Waals surface area contributed by atoms with E-state index in [1.807, 2.05) is 0 Å². The standard InChI is InChI=1S/C10H11IO4/c1-6(12)15-8-5-10(14-3)9(13-2)4-7(8)11/h4-5H,1-3H3. The Morgan fingerprint density at radius 2 is 1.67 bits per heavy atom. The molecule has 0 heterocycles. The van der Waals surface area contributed by atoms with Gasteiger partial charge in [0.2, 0.25) is 0 Å². The van der Waals surface area contributed by atoms with Crippen molar-refractivity contribution in [3.05, 3.63) is 15.7 Å². The Bertz CT molecular complexity index is 376.